The van der Waals surface area contributed by atoms with Crippen molar-refractivity contribution in [2.75, 3.05) is 19.6 Å². The third kappa shape index (κ3) is 7.27. The maximum Gasteiger partial charge on any atom is 0.315 e. The monoisotopic (exact) mass is 545 g/mol. The van der Waals surface area contributed by atoms with E-state index in [1.54, 1.807) is 0 Å². The Bertz CT molecular complexity index is 1220. The van der Waals surface area contributed by atoms with E-state index in [2.05, 4.69) is 22.5 Å². The van der Waals surface area contributed by atoms with Crippen LogP contribution < -0.4 is 10.6 Å². The van der Waals surface area contributed by atoms with Gasteiger partial charge in [0.1, 0.15) is 0 Å². The van der Waals surface area contributed by atoms with Crippen LogP contribution in [0.15, 0.2) is 78.9 Å². The first-order valence-corrected chi connectivity index (χ1v) is 14.0. The summed E-state index contributed by atoms with van der Waals surface area (Å²) in [5.41, 5.74) is 4.84. The molecule has 3 aromatic carbocycles. The summed E-state index contributed by atoms with van der Waals surface area (Å²) in [7, 11) is 0. The SMILES string of the molecule is CC1C(CN2CCC(O)C2)OC(c2ccc(CNC(=O)NCc3ccccc3)cc2)OC1c1ccc(CO)cc1. The first-order valence-electron chi connectivity index (χ1n) is 14.0. The van der Waals surface area contributed by atoms with E-state index in [9.17, 15) is 15.0 Å². The minimum atomic E-state index is -0.549. The molecule has 2 fully saturated rings. The number of nitrogens with zero attached hydrogens (tertiary/aromatic N) is 1. The quantitative estimate of drug-likeness (QED) is 0.324. The van der Waals surface area contributed by atoms with Crippen LogP contribution in [0.25, 0.3) is 0 Å². The molecule has 0 saturated carbocycles. The van der Waals surface area contributed by atoms with Gasteiger partial charge in [-0.15, -0.1) is 0 Å². The molecule has 0 bridgehead atoms. The minimum Gasteiger partial charge on any atom is -0.392 e. The molecular weight excluding hydrogens is 506 g/mol. The Morgan fingerprint density at radius 1 is 0.875 bits per heavy atom. The predicted octanol–water partition coefficient (Wildman–Crippen LogP) is 4.04. The molecule has 40 heavy (non-hydrogen) atoms. The molecule has 0 spiro atoms. The van der Waals surface area contributed by atoms with E-state index in [1.807, 2.05) is 78.9 Å². The highest BCUT2D eigenvalue weighted by atomic mass is 16.7. The van der Waals surface area contributed by atoms with Crippen LogP contribution >= 0.6 is 0 Å². The van der Waals surface area contributed by atoms with Crippen LogP contribution in [-0.2, 0) is 29.2 Å². The molecule has 5 unspecified atom stereocenters. The van der Waals surface area contributed by atoms with Crippen molar-refractivity contribution in [2.24, 2.45) is 5.92 Å². The van der Waals surface area contributed by atoms with E-state index in [4.69, 9.17) is 9.47 Å². The number of rotatable bonds is 9. The van der Waals surface area contributed by atoms with Crippen molar-refractivity contribution in [3.8, 4) is 0 Å². The lowest BCUT2D eigenvalue weighted by Gasteiger charge is -2.42. The van der Waals surface area contributed by atoms with Crippen molar-refractivity contribution < 1.29 is 24.5 Å². The van der Waals surface area contributed by atoms with Crippen molar-refractivity contribution in [3.05, 3.63) is 107 Å². The molecule has 2 heterocycles. The van der Waals surface area contributed by atoms with Crippen LogP contribution in [0.5, 0.6) is 0 Å². The van der Waals surface area contributed by atoms with Crippen molar-refractivity contribution >= 4 is 6.03 Å². The smallest absolute Gasteiger partial charge is 0.315 e. The van der Waals surface area contributed by atoms with E-state index in [0.29, 0.717) is 19.6 Å². The van der Waals surface area contributed by atoms with Gasteiger partial charge in [-0.1, -0.05) is 85.8 Å². The van der Waals surface area contributed by atoms with Crippen LogP contribution in [0.3, 0.4) is 0 Å². The maximum atomic E-state index is 12.2. The van der Waals surface area contributed by atoms with Gasteiger partial charge in [0.2, 0.25) is 0 Å². The van der Waals surface area contributed by atoms with E-state index in [-0.39, 0.29) is 36.9 Å². The van der Waals surface area contributed by atoms with Gasteiger partial charge in [-0.25, -0.2) is 4.79 Å². The number of benzene rings is 3. The topological polar surface area (TPSA) is 103 Å². The number of urea groups is 1. The van der Waals surface area contributed by atoms with Crippen molar-refractivity contribution in [1.29, 1.82) is 0 Å². The molecule has 0 aromatic heterocycles. The highest BCUT2D eigenvalue weighted by molar-refractivity contribution is 5.73. The molecule has 212 valence electrons. The van der Waals surface area contributed by atoms with Crippen LogP contribution in [0.1, 0.15) is 53.6 Å². The number of carbonyl (C=O) groups is 1. The lowest BCUT2D eigenvalue weighted by molar-refractivity contribution is -0.276. The zero-order chi connectivity index (χ0) is 27.9. The fourth-order valence-electron chi connectivity index (χ4n) is 5.38. The molecular formula is C32H39N3O5. The Kier molecular flexibility index (Phi) is 9.46. The number of amides is 2. The molecule has 2 saturated heterocycles. The van der Waals surface area contributed by atoms with Gasteiger partial charge in [-0.05, 0) is 28.7 Å². The summed E-state index contributed by atoms with van der Waals surface area (Å²) >= 11 is 0. The van der Waals surface area contributed by atoms with Gasteiger partial charge in [0.25, 0.3) is 0 Å². The fourth-order valence-corrected chi connectivity index (χ4v) is 5.38. The number of nitrogens with one attached hydrogen (secondary N) is 2. The molecule has 5 rings (SSSR count). The molecule has 2 aliphatic rings. The molecule has 2 aliphatic heterocycles. The van der Waals surface area contributed by atoms with E-state index in [1.165, 1.54) is 0 Å². The second-order valence-corrected chi connectivity index (χ2v) is 10.8. The standard InChI is InChI=1S/C32H39N3O5/c1-22-29(20-35-16-15-28(37)19-35)39-31(40-30(22)26-11-9-25(21-36)10-12-26)27-13-7-24(8-14-27)18-34-32(38)33-17-23-5-3-2-4-6-23/h2-14,22,28-31,36-37H,15-21H2,1H3,(H2,33,34,38). The molecule has 8 nitrogen and oxygen atoms in total. The molecule has 3 aromatic rings. The summed E-state index contributed by atoms with van der Waals surface area (Å²) in [6, 6.07) is 25.4. The predicted molar refractivity (Wildman–Crippen MR) is 152 cm³/mol. The summed E-state index contributed by atoms with van der Waals surface area (Å²) in [6.45, 7) is 5.28. The second-order valence-electron chi connectivity index (χ2n) is 10.8. The number of aliphatic hydroxyl groups is 2. The summed E-state index contributed by atoms with van der Waals surface area (Å²) in [5, 5.41) is 25.3. The van der Waals surface area contributed by atoms with Gasteiger partial charge in [-0.2, -0.15) is 0 Å². The molecule has 2 amide bonds. The lowest BCUT2D eigenvalue weighted by atomic mass is 9.90. The number of β-amino-alcohol motifs (C(OH)–C–C–N with tert-alkyl or cyclic N) is 1. The average Bonchev–Trinajstić information content (AvgIpc) is 3.41. The van der Waals surface area contributed by atoms with Gasteiger partial charge in [0, 0.05) is 44.2 Å². The minimum absolute atomic E-state index is 0.00287. The van der Waals surface area contributed by atoms with E-state index < -0.39 is 6.29 Å². The largest absolute Gasteiger partial charge is 0.392 e. The highest BCUT2D eigenvalue weighted by Gasteiger charge is 2.39. The first-order chi connectivity index (χ1) is 19.5. The van der Waals surface area contributed by atoms with Crippen LogP contribution in [-0.4, -0.2) is 53.0 Å². The first kappa shape index (κ1) is 28.3. The Morgan fingerprint density at radius 3 is 2.12 bits per heavy atom. The summed E-state index contributed by atoms with van der Waals surface area (Å²) in [4.78, 5) is 14.5. The number of hydrogen-bond acceptors (Lipinski definition) is 6. The number of carbonyl (C=O) groups excluding carboxylic acids is 1. The Labute approximate surface area is 235 Å². The van der Waals surface area contributed by atoms with Gasteiger partial charge >= 0.3 is 6.03 Å². The zero-order valence-corrected chi connectivity index (χ0v) is 22.9. The van der Waals surface area contributed by atoms with Crippen LogP contribution in [0.2, 0.25) is 0 Å². The molecule has 5 atom stereocenters. The summed E-state index contributed by atoms with van der Waals surface area (Å²) in [6.07, 6.45) is -0.311. The van der Waals surface area contributed by atoms with Crippen LogP contribution in [0, 0.1) is 5.92 Å². The summed E-state index contributed by atoms with van der Waals surface area (Å²) < 4.78 is 13.1. The molecule has 4 N–H and O–H groups in total. The third-order valence-corrected chi connectivity index (χ3v) is 7.81. The van der Waals surface area contributed by atoms with Gasteiger partial charge in [0.15, 0.2) is 6.29 Å². The molecule has 8 heteroatoms. The normalized spacial score (nSPS) is 25.0. The number of likely N-dealkylation sites (tertiary alicyclic amines) is 1. The van der Waals surface area contributed by atoms with E-state index >= 15 is 0 Å². The molecule has 0 radical (unpaired) electrons. The summed E-state index contributed by atoms with van der Waals surface area (Å²) in [5.74, 6) is 0.0897. The fraction of sp³-hybridized carbons (Fsp3) is 0.406. The maximum absolute atomic E-state index is 12.2. The molecule has 0 aliphatic carbocycles. The second kappa shape index (κ2) is 13.4. The Balaban J connectivity index is 1.23. The van der Waals surface area contributed by atoms with Gasteiger partial charge in [0.05, 0.1) is 24.9 Å². The van der Waals surface area contributed by atoms with E-state index in [0.717, 1.165) is 47.3 Å². The lowest BCUT2D eigenvalue weighted by Crippen LogP contribution is -2.44. The van der Waals surface area contributed by atoms with Crippen molar-refractivity contribution in [1.82, 2.24) is 15.5 Å². The van der Waals surface area contributed by atoms with Crippen molar-refractivity contribution in [3.63, 3.8) is 0 Å². The number of hydrogen-bond donors (Lipinski definition) is 4. The van der Waals surface area contributed by atoms with Crippen LogP contribution in [0.4, 0.5) is 4.79 Å². The average molecular weight is 546 g/mol. The zero-order valence-electron chi connectivity index (χ0n) is 22.9. The highest BCUT2D eigenvalue weighted by Crippen LogP contribution is 2.42. The Hall–Kier alpha value is -3.27. The Morgan fingerprint density at radius 2 is 1.50 bits per heavy atom. The number of aliphatic hydroxyl groups excluding tert-OH is 2. The number of ether oxygens (including phenoxy) is 2. The van der Waals surface area contributed by atoms with Gasteiger partial charge in [-0.3, -0.25) is 4.90 Å². The van der Waals surface area contributed by atoms with Crippen molar-refractivity contribution in [2.45, 2.75) is 57.6 Å². The third-order valence-electron chi connectivity index (χ3n) is 7.81. The van der Waals surface area contributed by atoms with Gasteiger partial charge < -0.3 is 30.3 Å².